The lowest BCUT2D eigenvalue weighted by atomic mass is 9.82. The van der Waals surface area contributed by atoms with Crippen LogP contribution >= 0.6 is 0 Å². The second-order valence-corrected chi connectivity index (χ2v) is 12.2. The lowest BCUT2D eigenvalue weighted by Crippen LogP contribution is -2.16. The molecule has 1 aliphatic rings. The zero-order chi connectivity index (χ0) is 28.7. The van der Waals surface area contributed by atoms with E-state index in [4.69, 9.17) is 4.42 Å². The van der Waals surface area contributed by atoms with Crippen molar-refractivity contribution in [2.45, 2.75) is 19.3 Å². The Kier molecular flexibility index (Phi) is 4.99. The number of benzene rings is 7. The molecule has 0 spiro atoms. The first-order valence-corrected chi connectivity index (χ1v) is 14.9. The van der Waals surface area contributed by atoms with Crippen LogP contribution in [0, 0.1) is 0 Å². The summed E-state index contributed by atoms with van der Waals surface area (Å²) in [5.74, 6) is 0. The summed E-state index contributed by atoms with van der Waals surface area (Å²) in [5.41, 5.74) is 10.7. The lowest BCUT2D eigenvalue weighted by molar-refractivity contribution is 0.660. The molecule has 1 aromatic heterocycles. The van der Waals surface area contributed by atoms with Gasteiger partial charge in [0.05, 0.1) is 0 Å². The van der Waals surface area contributed by atoms with Crippen LogP contribution in [0.5, 0.6) is 0 Å². The van der Waals surface area contributed by atoms with E-state index in [1.165, 1.54) is 43.8 Å². The van der Waals surface area contributed by atoms with Crippen LogP contribution in [0.1, 0.15) is 25.0 Å². The lowest BCUT2D eigenvalue weighted by Gasteiger charge is -2.28. The van der Waals surface area contributed by atoms with E-state index in [9.17, 15) is 0 Å². The SMILES string of the molecule is CC1(C)c2ccccc2-c2ccc(N(c3ccccc3)c3ccc4c(ccc5cc6oc7ccccc7c6cc54)c3)cc21. The van der Waals surface area contributed by atoms with E-state index < -0.39 is 0 Å². The Morgan fingerprint density at radius 1 is 0.442 bits per heavy atom. The third-order valence-corrected chi connectivity index (χ3v) is 9.41. The Hall–Kier alpha value is -5.34. The smallest absolute Gasteiger partial charge is 0.136 e. The molecule has 7 aromatic carbocycles. The maximum absolute atomic E-state index is 6.18. The molecule has 0 atom stereocenters. The van der Waals surface area contributed by atoms with Gasteiger partial charge in [-0.15, -0.1) is 0 Å². The minimum absolute atomic E-state index is 0.0603. The van der Waals surface area contributed by atoms with E-state index in [1.54, 1.807) is 0 Å². The number of hydrogen-bond donors (Lipinski definition) is 0. The molecule has 0 radical (unpaired) electrons. The van der Waals surface area contributed by atoms with Crippen molar-refractivity contribution in [3.63, 3.8) is 0 Å². The van der Waals surface area contributed by atoms with Crippen LogP contribution < -0.4 is 4.90 Å². The van der Waals surface area contributed by atoms with Gasteiger partial charge in [-0.05, 0) is 98.4 Å². The van der Waals surface area contributed by atoms with Crippen LogP contribution in [0.3, 0.4) is 0 Å². The maximum Gasteiger partial charge on any atom is 0.136 e. The maximum atomic E-state index is 6.18. The Labute approximate surface area is 250 Å². The van der Waals surface area contributed by atoms with Crippen molar-refractivity contribution in [1.82, 2.24) is 0 Å². The zero-order valence-electron chi connectivity index (χ0n) is 24.1. The van der Waals surface area contributed by atoms with Crippen molar-refractivity contribution >= 4 is 60.5 Å². The van der Waals surface area contributed by atoms with Gasteiger partial charge in [0.25, 0.3) is 0 Å². The zero-order valence-corrected chi connectivity index (χ0v) is 24.1. The minimum Gasteiger partial charge on any atom is -0.456 e. The van der Waals surface area contributed by atoms with Gasteiger partial charge in [0.2, 0.25) is 0 Å². The van der Waals surface area contributed by atoms with Crippen LogP contribution in [0.2, 0.25) is 0 Å². The van der Waals surface area contributed by atoms with E-state index in [0.717, 1.165) is 39.0 Å². The fraction of sp³-hybridized carbons (Fsp3) is 0.0732. The van der Waals surface area contributed by atoms with Gasteiger partial charge in [0.15, 0.2) is 0 Å². The number of para-hydroxylation sites is 2. The van der Waals surface area contributed by atoms with Crippen LogP contribution in [0.15, 0.2) is 144 Å². The molecule has 8 aromatic rings. The molecule has 2 heteroatoms. The molecule has 43 heavy (non-hydrogen) atoms. The van der Waals surface area contributed by atoms with E-state index >= 15 is 0 Å². The van der Waals surface area contributed by atoms with E-state index in [2.05, 4.69) is 146 Å². The summed E-state index contributed by atoms with van der Waals surface area (Å²) in [5, 5.41) is 7.20. The van der Waals surface area contributed by atoms with Crippen LogP contribution in [0.4, 0.5) is 17.1 Å². The summed E-state index contributed by atoms with van der Waals surface area (Å²) in [7, 11) is 0. The van der Waals surface area contributed by atoms with Gasteiger partial charge in [-0.2, -0.15) is 0 Å². The number of hydrogen-bond acceptors (Lipinski definition) is 2. The summed E-state index contributed by atoms with van der Waals surface area (Å²) >= 11 is 0. The highest BCUT2D eigenvalue weighted by Gasteiger charge is 2.35. The molecule has 0 unspecified atom stereocenters. The van der Waals surface area contributed by atoms with Crippen molar-refractivity contribution in [3.05, 3.63) is 151 Å². The highest BCUT2D eigenvalue weighted by atomic mass is 16.3. The highest BCUT2D eigenvalue weighted by molar-refractivity contribution is 6.16. The van der Waals surface area contributed by atoms with Gasteiger partial charge in [0, 0.05) is 33.2 Å². The average Bonchev–Trinajstić information content (AvgIpc) is 3.52. The molecule has 1 aliphatic carbocycles. The molecule has 0 fully saturated rings. The van der Waals surface area contributed by atoms with Crippen LogP contribution in [-0.2, 0) is 5.41 Å². The summed E-state index contributed by atoms with van der Waals surface area (Å²) in [4.78, 5) is 2.38. The second-order valence-electron chi connectivity index (χ2n) is 12.2. The quantitative estimate of drug-likeness (QED) is 0.203. The van der Waals surface area contributed by atoms with E-state index in [-0.39, 0.29) is 5.41 Å². The third kappa shape index (κ3) is 3.53. The van der Waals surface area contributed by atoms with E-state index in [1.807, 2.05) is 12.1 Å². The molecule has 2 nitrogen and oxygen atoms in total. The summed E-state index contributed by atoms with van der Waals surface area (Å²) in [6.45, 7) is 4.69. The van der Waals surface area contributed by atoms with Gasteiger partial charge in [-0.25, -0.2) is 0 Å². The first kappa shape index (κ1) is 24.3. The molecular weight excluding hydrogens is 522 g/mol. The highest BCUT2D eigenvalue weighted by Crippen LogP contribution is 2.50. The molecule has 0 saturated heterocycles. The minimum atomic E-state index is -0.0603. The largest absolute Gasteiger partial charge is 0.456 e. The molecule has 1 heterocycles. The molecular formula is C41H29NO. The topological polar surface area (TPSA) is 16.4 Å². The first-order chi connectivity index (χ1) is 21.1. The Balaban J connectivity index is 1.23. The van der Waals surface area contributed by atoms with Crippen LogP contribution in [0.25, 0.3) is 54.6 Å². The molecule has 0 saturated carbocycles. The molecule has 0 aliphatic heterocycles. The molecule has 0 amide bonds. The van der Waals surface area contributed by atoms with Gasteiger partial charge in [-0.1, -0.05) is 98.8 Å². The second kappa shape index (κ2) is 8.83. The Morgan fingerprint density at radius 2 is 1.14 bits per heavy atom. The number of furan rings is 1. The fourth-order valence-electron chi connectivity index (χ4n) is 7.27. The normalized spacial score (nSPS) is 13.5. The Bertz CT molecular complexity index is 2380. The van der Waals surface area contributed by atoms with Gasteiger partial charge in [0.1, 0.15) is 11.2 Å². The third-order valence-electron chi connectivity index (χ3n) is 9.41. The van der Waals surface area contributed by atoms with E-state index in [0.29, 0.717) is 0 Å². The van der Waals surface area contributed by atoms with Gasteiger partial charge in [-0.3, -0.25) is 0 Å². The van der Waals surface area contributed by atoms with Crippen molar-refractivity contribution in [1.29, 1.82) is 0 Å². The number of nitrogens with zero attached hydrogens (tertiary/aromatic N) is 1. The molecule has 204 valence electrons. The van der Waals surface area contributed by atoms with Crippen molar-refractivity contribution in [2.24, 2.45) is 0 Å². The monoisotopic (exact) mass is 551 g/mol. The fourth-order valence-corrected chi connectivity index (χ4v) is 7.27. The number of anilines is 3. The summed E-state index contributed by atoms with van der Waals surface area (Å²) < 4.78 is 6.18. The standard InChI is InChI=1S/C41H29NO/c1-41(2)37-14-8-6-12-32(37)33-21-19-30(24-38(33)41)42(28-10-4-3-5-11-28)29-18-20-31-26(22-29)16-17-27-23-40-36(25-35(27)31)34-13-7-9-15-39(34)43-40/h3-25H,1-2H3. The number of fused-ring (bicyclic) bond motifs is 9. The van der Waals surface area contributed by atoms with Crippen LogP contribution in [-0.4, -0.2) is 0 Å². The molecule has 0 bridgehead atoms. The van der Waals surface area contributed by atoms with Crippen molar-refractivity contribution < 1.29 is 4.42 Å². The molecule has 9 rings (SSSR count). The molecule has 0 N–H and O–H groups in total. The predicted molar refractivity (Wildman–Crippen MR) is 181 cm³/mol. The Morgan fingerprint density at radius 3 is 2.02 bits per heavy atom. The summed E-state index contributed by atoms with van der Waals surface area (Å²) in [6.07, 6.45) is 0. The van der Waals surface area contributed by atoms with Crippen molar-refractivity contribution in [3.8, 4) is 11.1 Å². The average molecular weight is 552 g/mol. The summed E-state index contributed by atoms with van der Waals surface area (Å²) in [6, 6.07) is 50.6. The van der Waals surface area contributed by atoms with Gasteiger partial charge < -0.3 is 9.32 Å². The predicted octanol–water partition coefficient (Wildman–Crippen LogP) is 11.7. The number of rotatable bonds is 3. The first-order valence-electron chi connectivity index (χ1n) is 14.9. The van der Waals surface area contributed by atoms with Crippen molar-refractivity contribution in [2.75, 3.05) is 4.90 Å². The van der Waals surface area contributed by atoms with Gasteiger partial charge >= 0.3 is 0 Å².